The van der Waals surface area contributed by atoms with E-state index >= 15 is 0 Å². The number of nitrogen functional groups attached to an aromatic ring is 1. The fraction of sp³-hybridized carbons (Fsp3) is 0.350. The number of nitrogens with two attached hydrogens (primary N) is 1. The number of hydrogen-bond donors (Lipinski definition) is 2. The Morgan fingerprint density at radius 1 is 1.07 bits per heavy atom. The van der Waals surface area contributed by atoms with Gasteiger partial charge in [-0.15, -0.1) is 12.4 Å². The molecule has 0 spiro atoms. The highest BCUT2D eigenvalue weighted by Gasteiger charge is 2.29. The van der Waals surface area contributed by atoms with E-state index in [-0.39, 0.29) is 24.4 Å². The standard InChI is InChI=1S/C20H25N3O3S.ClH/c1-15-2-8-19(9-3-15)27(25,26)23-12-10-18(11-13-23)22-20(24)14-16-4-6-17(21)7-5-16;/h2-9,18H,10-14,21H2,1H3,(H,22,24);1H. The van der Waals surface area contributed by atoms with Gasteiger partial charge in [-0.1, -0.05) is 29.8 Å². The van der Waals surface area contributed by atoms with Gasteiger partial charge in [-0.25, -0.2) is 8.42 Å². The number of sulfonamides is 1. The third-order valence-electron chi connectivity index (χ3n) is 4.82. The number of rotatable bonds is 5. The van der Waals surface area contributed by atoms with E-state index in [4.69, 9.17) is 5.73 Å². The maximum atomic E-state index is 12.7. The molecule has 152 valence electrons. The average molecular weight is 424 g/mol. The van der Waals surface area contributed by atoms with E-state index in [0.717, 1.165) is 11.1 Å². The monoisotopic (exact) mass is 423 g/mol. The lowest BCUT2D eigenvalue weighted by atomic mass is 10.1. The summed E-state index contributed by atoms with van der Waals surface area (Å²) in [7, 11) is -3.47. The second-order valence-corrected chi connectivity index (χ2v) is 8.92. The molecule has 1 aliphatic heterocycles. The second-order valence-electron chi connectivity index (χ2n) is 6.98. The van der Waals surface area contributed by atoms with Gasteiger partial charge in [0.2, 0.25) is 15.9 Å². The molecule has 2 aromatic carbocycles. The van der Waals surface area contributed by atoms with Gasteiger partial charge in [0.25, 0.3) is 0 Å². The first-order chi connectivity index (χ1) is 12.8. The molecule has 1 heterocycles. The molecule has 0 bridgehead atoms. The Hall–Kier alpha value is -2.09. The summed E-state index contributed by atoms with van der Waals surface area (Å²) in [5.74, 6) is -0.0559. The molecule has 3 N–H and O–H groups in total. The van der Waals surface area contributed by atoms with Crippen LogP contribution in [0.1, 0.15) is 24.0 Å². The first kappa shape index (κ1) is 22.2. The zero-order valence-corrected chi connectivity index (χ0v) is 17.4. The predicted octanol–water partition coefficient (Wildman–Crippen LogP) is 2.51. The van der Waals surface area contributed by atoms with Crippen LogP contribution in [-0.4, -0.2) is 37.8 Å². The molecule has 1 amide bonds. The highest BCUT2D eigenvalue weighted by atomic mass is 35.5. The SMILES string of the molecule is Cc1ccc(S(=O)(=O)N2CCC(NC(=O)Cc3ccc(N)cc3)CC2)cc1.Cl. The van der Waals surface area contributed by atoms with Crippen LogP contribution in [0.5, 0.6) is 0 Å². The molecule has 0 aliphatic carbocycles. The molecule has 0 atom stereocenters. The number of anilines is 1. The summed E-state index contributed by atoms with van der Waals surface area (Å²) in [6, 6.07) is 14.1. The maximum absolute atomic E-state index is 12.7. The minimum Gasteiger partial charge on any atom is -0.399 e. The molecule has 6 nitrogen and oxygen atoms in total. The van der Waals surface area contributed by atoms with Crippen LogP contribution in [-0.2, 0) is 21.2 Å². The van der Waals surface area contributed by atoms with Crippen LogP contribution in [0, 0.1) is 6.92 Å². The summed E-state index contributed by atoms with van der Waals surface area (Å²) in [4.78, 5) is 12.5. The first-order valence-corrected chi connectivity index (χ1v) is 10.5. The van der Waals surface area contributed by atoms with Gasteiger partial charge in [-0.3, -0.25) is 4.79 Å². The predicted molar refractivity (Wildman–Crippen MR) is 113 cm³/mol. The Morgan fingerprint density at radius 3 is 2.21 bits per heavy atom. The molecule has 1 fully saturated rings. The number of hydrogen-bond acceptors (Lipinski definition) is 4. The fourth-order valence-corrected chi connectivity index (χ4v) is 4.67. The summed E-state index contributed by atoms with van der Waals surface area (Å²) in [5.41, 5.74) is 8.25. The second kappa shape index (κ2) is 9.41. The van der Waals surface area contributed by atoms with Crippen LogP contribution < -0.4 is 11.1 Å². The van der Waals surface area contributed by atoms with E-state index in [1.807, 2.05) is 19.1 Å². The van der Waals surface area contributed by atoms with Gasteiger partial charge in [0.1, 0.15) is 0 Å². The Morgan fingerprint density at radius 2 is 1.64 bits per heavy atom. The van der Waals surface area contributed by atoms with Crippen LogP contribution in [0.4, 0.5) is 5.69 Å². The number of aryl methyl sites for hydroxylation is 1. The summed E-state index contributed by atoms with van der Waals surface area (Å²) in [6.45, 7) is 2.74. The number of halogens is 1. The van der Waals surface area contributed by atoms with Crippen molar-refractivity contribution in [2.45, 2.75) is 37.1 Å². The van der Waals surface area contributed by atoms with Crippen molar-refractivity contribution >= 4 is 34.0 Å². The number of amides is 1. The minimum atomic E-state index is -3.47. The normalized spacial score (nSPS) is 15.6. The number of nitrogens with one attached hydrogen (secondary N) is 1. The van der Waals surface area contributed by atoms with Crippen LogP contribution in [0.15, 0.2) is 53.4 Å². The molecule has 0 unspecified atom stereocenters. The lowest BCUT2D eigenvalue weighted by Gasteiger charge is -2.31. The van der Waals surface area contributed by atoms with Crippen molar-refractivity contribution in [3.05, 3.63) is 59.7 Å². The van der Waals surface area contributed by atoms with Gasteiger partial charge in [0.15, 0.2) is 0 Å². The summed E-state index contributed by atoms with van der Waals surface area (Å²) < 4.78 is 26.9. The molecule has 1 aliphatic rings. The van der Waals surface area contributed by atoms with E-state index < -0.39 is 10.0 Å². The van der Waals surface area contributed by atoms with Crippen molar-refractivity contribution in [2.24, 2.45) is 0 Å². The molecule has 2 aromatic rings. The van der Waals surface area contributed by atoms with Gasteiger partial charge < -0.3 is 11.1 Å². The fourth-order valence-electron chi connectivity index (χ4n) is 3.20. The zero-order valence-electron chi connectivity index (χ0n) is 15.8. The van der Waals surface area contributed by atoms with E-state index in [0.29, 0.717) is 42.9 Å². The zero-order chi connectivity index (χ0) is 19.4. The highest BCUT2D eigenvalue weighted by Crippen LogP contribution is 2.21. The van der Waals surface area contributed by atoms with Crippen molar-refractivity contribution in [3.8, 4) is 0 Å². The topological polar surface area (TPSA) is 92.5 Å². The number of nitrogens with zero attached hydrogens (tertiary/aromatic N) is 1. The van der Waals surface area contributed by atoms with Crippen LogP contribution in [0.2, 0.25) is 0 Å². The van der Waals surface area contributed by atoms with E-state index in [9.17, 15) is 13.2 Å². The summed E-state index contributed by atoms with van der Waals surface area (Å²) >= 11 is 0. The average Bonchev–Trinajstić information content (AvgIpc) is 2.64. The van der Waals surface area contributed by atoms with Gasteiger partial charge in [-0.05, 0) is 49.6 Å². The van der Waals surface area contributed by atoms with Crippen LogP contribution in [0.25, 0.3) is 0 Å². The van der Waals surface area contributed by atoms with Crippen molar-refractivity contribution in [1.29, 1.82) is 0 Å². The Labute approximate surface area is 172 Å². The third-order valence-corrected chi connectivity index (χ3v) is 6.74. The Kier molecular flexibility index (Phi) is 7.46. The molecule has 28 heavy (non-hydrogen) atoms. The van der Waals surface area contributed by atoms with Crippen molar-refractivity contribution in [2.75, 3.05) is 18.8 Å². The van der Waals surface area contributed by atoms with Gasteiger partial charge in [0, 0.05) is 24.8 Å². The Balaban J connectivity index is 0.00000280. The van der Waals surface area contributed by atoms with Crippen LogP contribution >= 0.6 is 12.4 Å². The van der Waals surface area contributed by atoms with Gasteiger partial charge in [0.05, 0.1) is 11.3 Å². The largest absolute Gasteiger partial charge is 0.399 e. The molecule has 0 aromatic heterocycles. The molecular weight excluding hydrogens is 398 g/mol. The molecule has 0 saturated carbocycles. The van der Waals surface area contributed by atoms with Gasteiger partial charge >= 0.3 is 0 Å². The van der Waals surface area contributed by atoms with E-state index in [1.54, 1.807) is 36.4 Å². The van der Waals surface area contributed by atoms with Crippen LogP contribution in [0.3, 0.4) is 0 Å². The number of benzene rings is 2. The first-order valence-electron chi connectivity index (χ1n) is 9.05. The van der Waals surface area contributed by atoms with E-state index in [2.05, 4.69) is 5.32 Å². The number of piperidine rings is 1. The molecule has 3 rings (SSSR count). The lowest BCUT2D eigenvalue weighted by molar-refractivity contribution is -0.121. The van der Waals surface area contributed by atoms with Crippen molar-refractivity contribution in [3.63, 3.8) is 0 Å². The maximum Gasteiger partial charge on any atom is 0.243 e. The van der Waals surface area contributed by atoms with Gasteiger partial charge in [-0.2, -0.15) is 4.31 Å². The summed E-state index contributed by atoms with van der Waals surface area (Å²) in [5, 5.41) is 3.01. The van der Waals surface area contributed by atoms with Crippen molar-refractivity contribution < 1.29 is 13.2 Å². The number of carbonyl (C=O) groups excluding carboxylic acids is 1. The lowest BCUT2D eigenvalue weighted by Crippen LogP contribution is -2.46. The highest BCUT2D eigenvalue weighted by molar-refractivity contribution is 7.89. The molecular formula is C20H26ClN3O3S. The van der Waals surface area contributed by atoms with E-state index in [1.165, 1.54) is 4.31 Å². The molecule has 8 heteroatoms. The summed E-state index contributed by atoms with van der Waals surface area (Å²) in [6.07, 6.45) is 1.51. The smallest absolute Gasteiger partial charge is 0.243 e. The molecule has 0 radical (unpaired) electrons. The molecule has 1 saturated heterocycles. The number of carbonyl (C=O) groups is 1. The Bertz CT molecular complexity index is 891. The van der Waals surface area contributed by atoms with Crippen molar-refractivity contribution in [1.82, 2.24) is 9.62 Å². The minimum absolute atomic E-state index is 0. The quantitative estimate of drug-likeness (QED) is 0.722. The third kappa shape index (κ3) is 5.47.